The molecule has 0 rings (SSSR count). The summed E-state index contributed by atoms with van der Waals surface area (Å²) >= 11 is 0. The molecule has 0 bridgehead atoms. The molecule has 1 unspecified atom stereocenters. The molecule has 0 nitrogen and oxygen atoms in total. The van der Waals surface area contributed by atoms with Crippen LogP contribution in [0.4, 0.5) is 0 Å². The van der Waals surface area contributed by atoms with Gasteiger partial charge in [-0.15, -0.1) is 0 Å². The Morgan fingerprint density at radius 3 is 0.848 bits per heavy atom. The van der Waals surface area contributed by atoms with Gasteiger partial charge in [0.05, 0.1) is 0 Å². The Bertz CT molecular complexity index is 320. The van der Waals surface area contributed by atoms with E-state index in [9.17, 15) is 0 Å². The van der Waals surface area contributed by atoms with Crippen LogP contribution in [0.25, 0.3) is 0 Å². The zero-order valence-corrected chi connectivity index (χ0v) is 23.8. The molecule has 1 radical (unpaired) electrons. The largest absolute Gasteiger partial charge is 0.0654 e. The molecule has 0 heterocycles. The van der Waals surface area contributed by atoms with Crippen LogP contribution in [0.1, 0.15) is 200 Å². The Balaban J connectivity index is 3.49. The molecule has 1 atom stereocenters. The minimum atomic E-state index is 0.998. The average Bonchev–Trinajstić information content (AvgIpc) is 2.83. The van der Waals surface area contributed by atoms with Crippen molar-refractivity contribution in [1.29, 1.82) is 0 Å². The van der Waals surface area contributed by atoms with Crippen LogP contribution in [0, 0.1) is 12.8 Å². The van der Waals surface area contributed by atoms with Gasteiger partial charge in [0.15, 0.2) is 0 Å². The van der Waals surface area contributed by atoms with Gasteiger partial charge in [-0.05, 0) is 5.92 Å². The molecule has 0 fully saturated rings. The first kappa shape index (κ1) is 33.0. The van der Waals surface area contributed by atoms with Crippen LogP contribution in [0.3, 0.4) is 0 Å². The second kappa shape index (κ2) is 30.0. The summed E-state index contributed by atoms with van der Waals surface area (Å²) in [4.78, 5) is 0. The monoisotopic (exact) mass is 464 g/mol. The average molecular weight is 464 g/mol. The van der Waals surface area contributed by atoms with Crippen molar-refractivity contribution in [2.24, 2.45) is 5.92 Å². The fourth-order valence-corrected chi connectivity index (χ4v) is 5.41. The van der Waals surface area contributed by atoms with Crippen LogP contribution >= 0.6 is 0 Å². The molecule has 0 saturated carbocycles. The third kappa shape index (κ3) is 28.1. The van der Waals surface area contributed by atoms with E-state index in [0.717, 1.165) is 12.3 Å². The maximum absolute atomic E-state index is 4.09. The number of hydrogen-bond donors (Lipinski definition) is 0. The minimum absolute atomic E-state index is 0.998. The lowest BCUT2D eigenvalue weighted by Gasteiger charge is -2.16. The lowest BCUT2D eigenvalue weighted by atomic mass is 9.90. The van der Waals surface area contributed by atoms with Crippen molar-refractivity contribution in [3.8, 4) is 0 Å². The predicted molar refractivity (Wildman–Crippen MR) is 154 cm³/mol. The fourth-order valence-electron chi connectivity index (χ4n) is 5.41. The van der Waals surface area contributed by atoms with Gasteiger partial charge in [-0.3, -0.25) is 0 Å². The Labute approximate surface area is 212 Å². The first-order chi connectivity index (χ1) is 16.3. The van der Waals surface area contributed by atoms with Crippen molar-refractivity contribution in [2.75, 3.05) is 0 Å². The van der Waals surface area contributed by atoms with Gasteiger partial charge in [0, 0.05) is 0 Å². The molecule has 0 aliphatic rings. The van der Waals surface area contributed by atoms with E-state index in [4.69, 9.17) is 0 Å². The molecule has 0 spiro atoms. The highest BCUT2D eigenvalue weighted by molar-refractivity contribution is 4.62. The quantitative estimate of drug-likeness (QED) is 0.0967. The molecule has 0 aromatic carbocycles. The van der Waals surface area contributed by atoms with Gasteiger partial charge in [-0.2, -0.15) is 0 Å². The third-order valence-corrected chi connectivity index (χ3v) is 7.79. The van der Waals surface area contributed by atoms with E-state index >= 15 is 0 Å². The summed E-state index contributed by atoms with van der Waals surface area (Å²) in [6.07, 6.45) is 42.1. The SMILES string of the molecule is [CH2]CCCC(CCCCCCCCCCCCC)CCCCCCCCCCCCCCC. The van der Waals surface area contributed by atoms with Gasteiger partial charge < -0.3 is 0 Å². The first-order valence-corrected chi connectivity index (χ1v) is 16.1. The smallest absolute Gasteiger partial charge is 0.0414 e. The zero-order valence-electron chi connectivity index (χ0n) is 23.8. The first-order valence-electron chi connectivity index (χ1n) is 16.1. The minimum Gasteiger partial charge on any atom is -0.0654 e. The van der Waals surface area contributed by atoms with Crippen molar-refractivity contribution in [3.05, 3.63) is 6.92 Å². The highest BCUT2D eigenvalue weighted by Gasteiger charge is 2.08. The van der Waals surface area contributed by atoms with Crippen molar-refractivity contribution < 1.29 is 0 Å². The maximum Gasteiger partial charge on any atom is -0.0414 e. The number of unbranched alkanes of at least 4 members (excludes halogenated alkanes) is 23. The summed E-state index contributed by atoms with van der Waals surface area (Å²) in [6, 6.07) is 0. The standard InChI is InChI=1S/C33H67/c1-4-7-10-12-14-16-18-19-21-23-25-27-29-32-33(30-9-6-3)31-28-26-24-22-20-17-15-13-11-8-5-2/h33H,3-32H2,1-2H3. The van der Waals surface area contributed by atoms with E-state index in [1.807, 2.05) is 0 Å². The molecule has 0 N–H and O–H groups in total. The Hall–Kier alpha value is 0. The molecular formula is C33H67. The lowest BCUT2D eigenvalue weighted by molar-refractivity contribution is 0.372. The Morgan fingerprint density at radius 1 is 0.333 bits per heavy atom. The third-order valence-electron chi connectivity index (χ3n) is 7.79. The molecule has 0 aromatic heterocycles. The summed E-state index contributed by atoms with van der Waals surface area (Å²) in [5.41, 5.74) is 0. The number of hydrogen-bond acceptors (Lipinski definition) is 0. The summed E-state index contributed by atoms with van der Waals surface area (Å²) in [5.74, 6) is 0.998. The van der Waals surface area contributed by atoms with Crippen molar-refractivity contribution in [1.82, 2.24) is 0 Å². The number of rotatable bonds is 29. The van der Waals surface area contributed by atoms with Crippen LogP contribution in [-0.2, 0) is 0 Å². The lowest BCUT2D eigenvalue weighted by Crippen LogP contribution is -2.01. The fraction of sp³-hybridized carbons (Fsp3) is 0.970. The maximum atomic E-state index is 4.09. The zero-order chi connectivity index (χ0) is 24.1. The second-order valence-corrected chi connectivity index (χ2v) is 11.2. The van der Waals surface area contributed by atoms with Crippen LogP contribution in [-0.4, -0.2) is 0 Å². The molecule has 33 heavy (non-hydrogen) atoms. The van der Waals surface area contributed by atoms with E-state index in [1.165, 1.54) is 180 Å². The van der Waals surface area contributed by atoms with Gasteiger partial charge in [0.2, 0.25) is 0 Å². The van der Waals surface area contributed by atoms with Crippen molar-refractivity contribution in [3.63, 3.8) is 0 Å². The van der Waals surface area contributed by atoms with E-state index in [2.05, 4.69) is 20.8 Å². The topological polar surface area (TPSA) is 0 Å². The van der Waals surface area contributed by atoms with Gasteiger partial charge in [0.1, 0.15) is 0 Å². The van der Waals surface area contributed by atoms with Gasteiger partial charge in [-0.25, -0.2) is 0 Å². The molecule has 0 aliphatic heterocycles. The summed E-state index contributed by atoms with van der Waals surface area (Å²) in [5, 5.41) is 0. The second-order valence-electron chi connectivity index (χ2n) is 11.2. The van der Waals surface area contributed by atoms with Gasteiger partial charge in [-0.1, -0.05) is 207 Å². The summed E-state index contributed by atoms with van der Waals surface area (Å²) in [6.45, 7) is 8.71. The highest BCUT2D eigenvalue weighted by atomic mass is 14.1. The van der Waals surface area contributed by atoms with Crippen molar-refractivity contribution in [2.45, 2.75) is 200 Å². The Morgan fingerprint density at radius 2 is 0.576 bits per heavy atom. The van der Waals surface area contributed by atoms with Gasteiger partial charge in [0.25, 0.3) is 0 Å². The Kier molecular flexibility index (Phi) is 30.0. The molecule has 0 aliphatic carbocycles. The van der Waals surface area contributed by atoms with E-state index in [-0.39, 0.29) is 0 Å². The van der Waals surface area contributed by atoms with E-state index in [1.54, 1.807) is 0 Å². The predicted octanol–water partition coefficient (Wildman–Crippen LogP) is 12.8. The van der Waals surface area contributed by atoms with Crippen LogP contribution in [0.5, 0.6) is 0 Å². The summed E-state index contributed by atoms with van der Waals surface area (Å²) in [7, 11) is 0. The molecule has 199 valence electrons. The van der Waals surface area contributed by atoms with Crippen LogP contribution < -0.4 is 0 Å². The molecule has 0 amide bonds. The molecular weight excluding hydrogens is 396 g/mol. The van der Waals surface area contributed by atoms with E-state index < -0.39 is 0 Å². The summed E-state index contributed by atoms with van der Waals surface area (Å²) < 4.78 is 0. The normalized spacial score (nSPS) is 12.5. The van der Waals surface area contributed by atoms with Crippen molar-refractivity contribution >= 4 is 0 Å². The van der Waals surface area contributed by atoms with Crippen LogP contribution in [0.2, 0.25) is 0 Å². The van der Waals surface area contributed by atoms with Gasteiger partial charge >= 0.3 is 0 Å². The molecule has 0 saturated heterocycles. The molecule has 0 aromatic rings. The van der Waals surface area contributed by atoms with Crippen LogP contribution in [0.15, 0.2) is 0 Å². The van der Waals surface area contributed by atoms with E-state index in [0.29, 0.717) is 0 Å². The molecule has 0 heteroatoms. The highest BCUT2D eigenvalue weighted by Crippen LogP contribution is 2.24.